The first-order valence-electron chi connectivity index (χ1n) is 4.37. The molecule has 6 heteroatoms. The number of sulfonamides is 1. The van der Waals surface area contributed by atoms with Gasteiger partial charge < -0.3 is 4.74 Å². The summed E-state index contributed by atoms with van der Waals surface area (Å²) in [6.07, 6.45) is 0.839. The summed E-state index contributed by atoms with van der Waals surface area (Å²) in [6.45, 7) is 0. The van der Waals surface area contributed by atoms with Crippen molar-refractivity contribution in [3.05, 3.63) is 41.8 Å². The summed E-state index contributed by atoms with van der Waals surface area (Å²) >= 11 is 0. The number of hydrogen-bond donors (Lipinski definition) is 1. The molecule has 16 heavy (non-hydrogen) atoms. The van der Waals surface area contributed by atoms with Gasteiger partial charge in [-0.3, -0.25) is 4.72 Å². The molecule has 0 aromatic heterocycles. The van der Waals surface area contributed by atoms with Gasteiger partial charge >= 0.3 is 5.97 Å². The summed E-state index contributed by atoms with van der Waals surface area (Å²) in [7, 11) is -2.50. The van der Waals surface area contributed by atoms with Crippen molar-refractivity contribution in [3.8, 4) is 0 Å². The van der Waals surface area contributed by atoms with Gasteiger partial charge in [0.15, 0.2) is 0 Å². The number of benzene rings is 1. The van der Waals surface area contributed by atoms with E-state index in [1.807, 2.05) is 0 Å². The van der Waals surface area contributed by atoms with E-state index in [1.165, 1.54) is 7.11 Å². The van der Waals surface area contributed by atoms with Crippen LogP contribution in [-0.4, -0.2) is 21.5 Å². The van der Waals surface area contributed by atoms with Crippen LogP contribution in [0.15, 0.2) is 41.8 Å². The third-order valence-electron chi connectivity index (χ3n) is 1.62. The Balaban J connectivity index is 2.74. The number of carbonyl (C=O) groups excluding carboxylic acids is 1. The fourth-order valence-electron chi connectivity index (χ4n) is 0.918. The largest absolute Gasteiger partial charge is 0.466 e. The van der Waals surface area contributed by atoms with Gasteiger partial charge in [0.1, 0.15) is 0 Å². The Bertz CT molecular complexity index is 479. The van der Waals surface area contributed by atoms with Gasteiger partial charge in [-0.2, -0.15) is 0 Å². The number of hydrogen-bond acceptors (Lipinski definition) is 4. The first-order chi connectivity index (χ1) is 7.53. The van der Waals surface area contributed by atoms with Crippen LogP contribution in [0, 0.1) is 0 Å². The molecule has 0 radical (unpaired) electrons. The fraction of sp³-hybridized carbons (Fsp3) is 0.100. The van der Waals surface area contributed by atoms with E-state index in [9.17, 15) is 13.2 Å². The molecule has 86 valence electrons. The highest BCUT2D eigenvalue weighted by Gasteiger charge is 2.05. The molecule has 0 unspecified atom stereocenters. The predicted octanol–water partition coefficient (Wildman–Crippen LogP) is 1.11. The van der Waals surface area contributed by atoms with E-state index < -0.39 is 16.0 Å². The number of rotatable bonds is 4. The van der Waals surface area contributed by atoms with Crippen LogP contribution in [0.1, 0.15) is 0 Å². The van der Waals surface area contributed by atoms with Crippen molar-refractivity contribution in [2.45, 2.75) is 0 Å². The predicted molar refractivity (Wildman–Crippen MR) is 60.1 cm³/mol. The minimum atomic E-state index is -3.67. The normalized spacial score (nSPS) is 11.3. The zero-order valence-electron chi connectivity index (χ0n) is 8.58. The Kier molecular flexibility index (Phi) is 4.07. The van der Waals surface area contributed by atoms with Crippen molar-refractivity contribution in [1.82, 2.24) is 0 Å². The van der Waals surface area contributed by atoms with E-state index in [1.54, 1.807) is 30.3 Å². The third kappa shape index (κ3) is 4.14. The average Bonchev–Trinajstić information content (AvgIpc) is 2.27. The zero-order chi connectivity index (χ0) is 12.0. The lowest BCUT2D eigenvalue weighted by molar-refractivity contribution is -0.134. The van der Waals surface area contributed by atoms with E-state index in [-0.39, 0.29) is 0 Å². The van der Waals surface area contributed by atoms with E-state index in [0.717, 1.165) is 11.5 Å². The molecule has 1 N–H and O–H groups in total. The maximum Gasteiger partial charge on any atom is 0.331 e. The number of nitrogens with one attached hydrogen (secondary N) is 1. The molecule has 0 amide bonds. The molecule has 1 aromatic carbocycles. The van der Waals surface area contributed by atoms with Gasteiger partial charge in [-0.05, 0) is 12.1 Å². The minimum Gasteiger partial charge on any atom is -0.466 e. The highest BCUT2D eigenvalue weighted by Crippen LogP contribution is 2.08. The molecule has 1 rings (SSSR count). The summed E-state index contributed by atoms with van der Waals surface area (Å²) in [5, 5.41) is 0.756. The smallest absolute Gasteiger partial charge is 0.331 e. The van der Waals surface area contributed by atoms with Crippen molar-refractivity contribution in [1.29, 1.82) is 0 Å². The molecule has 0 heterocycles. The molecule has 0 saturated carbocycles. The zero-order valence-corrected chi connectivity index (χ0v) is 9.40. The molecular formula is C10H11NO4S. The first kappa shape index (κ1) is 12.3. The van der Waals surface area contributed by atoms with Crippen molar-refractivity contribution in [3.63, 3.8) is 0 Å². The fourth-order valence-corrected chi connectivity index (χ4v) is 1.74. The molecular weight excluding hydrogens is 230 g/mol. The van der Waals surface area contributed by atoms with Gasteiger partial charge in [0.05, 0.1) is 12.5 Å². The molecule has 0 aliphatic heterocycles. The van der Waals surface area contributed by atoms with Crippen LogP contribution in [0.5, 0.6) is 0 Å². The Morgan fingerprint density at radius 1 is 1.31 bits per heavy atom. The van der Waals surface area contributed by atoms with Gasteiger partial charge in [-0.1, -0.05) is 18.2 Å². The highest BCUT2D eigenvalue weighted by atomic mass is 32.2. The quantitative estimate of drug-likeness (QED) is 0.633. The maximum atomic E-state index is 11.4. The van der Waals surface area contributed by atoms with Crippen molar-refractivity contribution >= 4 is 21.7 Å². The van der Waals surface area contributed by atoms with Crippen LogP contribution in [0.4, 0.5) is 5.69 Å². The van der Waals surface area contributed by atoms with Crippen molar-refractivity contribution in [2.24, 2.45) is 0 Å². The molecule has 0 atom stereocenters. The van der Waals surface area contributed by atoms with E-state index in [0.29, 0.717) is 5.69 Å². The number of anilines is 1. The van der Waals surface area contributed by atoms with Crippen molar-refractivity contribution < 1.29 is 17.9 Å². The molecule has 0 saturated heterocycles. The summed E-state index contributed by atoms with van der Waals surface area (Å²) in [4.78, 5) is 10.7. The van der Waals surface area contributed by atoms with Crippen LogP contribution in [-0.2, 0) is 19.6 Å². The number of esters is 1. The van der Waals surface area contributed by atoms with E-state index in [2.05, 4.69) is 9.46 Å². The van der Waals surface area contributed by atoms with Gasteiger partial charge in [0.25, 0.3) is 10.0 Å². The lowest BCUT2D eigenvalue weighted by atomic mass is 10.3. The van der Waals surface area contributed by atoms with Gasteiger partial charge in [-0.15, -0.1) is 0 Å². The topological polar surface area (TPSA) is 72.5 Å². The highest BCUT2D eigenvalue weighted by molar-refractivity contribution is 7.95. The average molecular weight is 241 g/mol. The standard InChI is InChI=1S/C10H11NO4S/c1-15-10(12)7-8-16(13,14)11-9-5-3-2-4-6-9/h2-8,11H,1H3/b8-7+. The van der Waals surface area contributed by atoms with Gasteiger partial charge in [0, 0.05) is 11.8 Å². The molecule has 0 bridgehead atoms. The molecule has 0 aliphatic rings. The Morgan fingerprint density at radius 3 is 2.50 bits per heavy atom. The molecule has 1 aromatic rings. The first-order valence-corrected chi connectivity index (χ1v) is 5.92. The lowest BCUT2D eigenvalue weighted by Gasteiger charge is -2.02. The van der Waals surface area contributed by atoms with Crippen LogP contribution in [0.25, 0.3) is 0 Å². The Morgan fingerprint density at radius 2 is 1.94 bits per heavy atom. The van der Waals surface area contributed by atoms with Gasteiger partial charge in [-0.25, -0.2) is 13.2 Å². The van der Waals surface area contributed by atoms with E-state index in [4.69, 9.17) is 0 Å². The second kappa shape index (κ2) is 5.32. The Labute approximate surface area is 93.8 Å². The van der Waals surface area contributed by atoms with Crippen molar-refractivity contribution in [2.75, 3.05) is 11.8 Å². The number of carbonyl (C=O) groups is 1. The number of methoxy groups -OCH3 is 1. The van der Waals surface area contributed by atoms with Gasteiger partial charge in [0.2, 0.25) is 0 Å². The summed E-state index contributed by atoms with van der Waals surface area (Å²) in [5.74, 6) is -0.724. The van der Waals surface area contributed by atoms with E-state index >= 15 is 0 Å². The lowest BCUT2D eigenvalue weighted by Crippen LogP contribution is -2.09. The van der Waals surface area contributed by atoms with Crippen LogP contribution in [0.2, 0.25) is 0 Å². The summed E-state index contributed by atoms with van der Waals surface area (Å²) in [6, 6.07) is 8.36. The SMILES string of the molecule is COC(=O)/C=C/S(=O)(=O)Nc1ccccc1. The second-order valence-electron chi connectivity index (χ2n) is 2.84. The molecule has 0 fully saturated rings. The monoisotopic (exact) mass is 241 g/mol. The minimum absolute atomic E-state index is 0.428. The molecule has 0 aliphatic carbocycles. The third-order valence-corrected chi connectivity index (χ3v) is 2.63. The molecule has 5 nitrogen and oxygen atoms in total. The Hall–Kier alpha value is -1.82. The number of ether oxygens (including phenoxy) is 1. The maximum absolute atomic E-state index is 11.4. The second-order valence-corrected chi connectivity index (χ2v) is 4.41. The molecule has 0 spiro atoms. The number of para-hydroxylation sites is 1. The summed E-state index contributed by atoms with van der Waals surface area (Å²) < 4.78 is 29.4. The van der Waals surface area contributed by atoms with Crippen LogP contribution in [0.3, 0.4) is 0 Å². The van der Waals surface area contributed by atoms with Crippen LogP contribution < -0.4 is 4.72 Å². The summed E-state index contributed by atoms with van der Waals surface area (Å²) in [5.41, 5.74) is 0.428. The van der Waals surface area contributed by atoms with Crippen LogP contribution >= 0.6 is 0 Å².